The van der Waals surface area contributed by atoms with Crippen LogP contribution in [0, 0.1) is 5.92 Å². The molecule has 25 heavy (non-hydrogen) atoms. The van der Waals surface area contributed by atoms with Crippen molar-refractivity contribution in [2.24, 2.45) is 5.92 Å². The van der Waals surface area contributed by atoms with Gasteiger partial charge in [0.05, 0.1) is 24.8 Å². The number of anilines is 1. The molecule has 0 saturated carbocycles. The molecule has 0 aliphatic carbocycles. The quantitative estimate of drug-likeness (QED) is 0.787. The molecule has 1 saturated heterocycles. The molecule has 2 aromatic carbocycles. The molecule has 3 atom stereocenters. The topological polar surface area (TPSA) is 47.6 Å². The molecule has 0 amide bonds. The number of benzene rings is 2. The summed E-state index contributed by atoms with van der Waals surface area (Å²) < 4.78 is 10.9. The predicted octanol–water partition coefficient (Wildman–Crippen LogP) is 4.76. The lowest BCUT2D eigenvalue weighted by molar-refractivity contribution is -0.0381. The molecular weight excluding hydrogens is 338 g/mol. The van der Waals surface area contributed by atoms with Crippen LogP contribution in [0.15, 0.2) is 42.5 Å². The van der Waals surface area contributed by atoms with Crippen LogP contribution < -0.4 is 5.32 Å². The molecule has 0 unspecified atom stereocenters. The van der Waals surface area contributed by atoms with Crippen molar-refractivity contribution in [2.75, 3.05) is 19.0 Å². The van der Waals surface area contributed by atoms with Gasteiger partial charge in [-0.25, -0.2) is 4.79 Å². The minimum atomic E-state index is -0.318. The zero-order valence-electron chi connectivity index (χ0n) is 14.0. The number of rotatable bonds is 2. The van der Waals surface area contributed by atoms with Crippen molar-refractivity contribution >= 4 is 23.3 Å². The lowest BCUT2D eigenvalue weighted by Crippen LogP contribution is -2.36. The Hall–Kier alpha value is -2.04. The maximum Gasteiger partial charge on any atom is 0.337 e. The summed E-state index contributed by atoms with van der Waals surface area (Å²) in [4.78, 5) is 11.7. The number of ether oxygens (including phenoxy) is 2. The normalized spacial score (nSPS) is 24.6. The molecule has 0 aromatic heterocycles. The third-order valence-corrected chi connectivity index (χ3v) is 5.35. The molecule has 0 spiro atoms. The Balaban J connectivity index is 1.69. The van der Waals surface area contributed by atoms with Crippen LogP contribution in [0.4, 0.5) is 5.69 Å². The molecule has 5 heteroatoms. The number of carbonyl (C=O) groups excluding carboxylic acids is 1. The van der Waals surface area contributed by atoms with Crippen molar-refractivity contribution in [3.05, 3.63) is 64.2 Å². The number of hydrogen-bond acceptors (Lipinski definition) is 4. The smallest absolute Gasteiger partial charge is 0.337 e. The monoisotopic (exact) mass is 357 g/mol. The minimum Gasteiger partial charge on any atom is -0.465 e. The van der Waals surface area contributed by atoms with Gasteiger partial charge < -0.3 is 14.8 Å². The molecule has 1 fully saturated rings. The minimum absolute atomic E-state index is 0.0500. The highest BCUT2D eigenvalue weighted by atomic mass is 35.5. The summed E-state index contributed by atoms with van der Waals surface area (Å²) in [7, 11) is 1.39. The Bertz CT molecular complexity index is 790. The molecule has 0 bridgehead atoms. The molecule has 1 N–H and O–H groups in total. The van der Waals surface area contributed by atoms with E-state index >= 15 is 0 Å². The zero-order valence-corrected chi connectivity index (χ0v) is 14.8. The highest BCUT2D eigenvalue weighted by Crippen LogP contribution is 2.49. The van der Waals surface area contributed by atoms with E-state index in [4.69, 9.17) is 21.1 Å². The van der Waals surface area contributed by atoms with Gasteiger partial charge in [-0.3, -0.25) is 0 Å². The molecule has 0 radical (unpaired) electrons. The van der Waals surface area contributed by atoms with Crippen molar-refractivity contribution in [1.82, 2.24) is 0 Å². The fourth-order valence-corrected chi connectivity index (χ4v) is 4.10. The molecule has 2 aliphatic heterocycles. The Morgan fingerprint density at radius 3 is 2.80 bits per heavy atom. The molecule has 4 rings (SSSR count). The van der Waals surface area contributed by atoms with Crippen LogP contribution in [0.3, 0.4) is 0 Å². The number of carbonyl (C=O) groups is 1. The van der Waals surface area contributed by atoms with Gasteiger partial charge in [-0.1, -0.05) is 23.7 Å². The first-order valence-electron chi connectivity index (χ1n) is 8.53. The molecule has 2 aliphatic rings. The van der Waals surface area contributed by atoms with Gasteiger partial charge in [0.15, 0.2) is 0 Å². The number of nitrogens with one attached hydrogen (secondary N) is 1. The number of esters is 1. The average Bonchev–Trinajstić information content (AvgIpc) is 2.67. The van der Waals surface area contributed by atoms with Crippen LogP contribution in [-0.4, -0.2) is 19.7 Å². The third-order valence-electron chi connectivity index (χ3n) is 5.12. The van der Waals surface area contributed by atoms with Gasteiger partial charge in [0.25, 0.3) is 0 Å². The summed E-state index contributed by atoms with van der Waals surface area (Å²) in [5.74, 6) is 0.0192. The van der Waals surface area contributed by atoms with E-state index in [1.54, 1.807) is 0 Å². The predicted molar refractivity (Wildman–Crippen MR) is 97.0 cm³/mol. The molecule has 4 nitrogen and oxygen atoms in total. The van der Waals surface area contributed by atoms with E-state index in [2.05, 4.69) is 5.32 Å². The van der Waals surface area contributed by atoms with Gasteiger partial charge in [0.1, 0.15) is 0 Å². The summed E-state index contributed by atoms with van der Waals surface area (Å²) in [6.07, 6.45) is 2.19. The van der Waals surface area contributed by atoms with Crippen LogP contribution in [0.25, 0.3) is 0 Å². The Morgan fingerprint density at radius 2 is 2.04 bits per heavy atom. The van der Waals surface area contributed by atoms with Crippen LogP contribution in [-0.2, 0) is 9.47 Å². The van der Waals surface area contributed by atoms with Crippen LogP contribution in [0.2, 0.25) is 5.02 Å². The number of halogens is 1. The summed E-state index contributed by atoms with van der Waals surface area (Å²) in [6.45, 7) is 0.779. The highest BCUT2D eigenvalue weighted by Gasteiger charge is 2.39. The SMILES string of the molecule is COC(=O)c1ccc([C@H]2Nc3ccc(Cl)cc3[C@@H]3OCCC[C@H]23)cc1. The van der Waals surface area contributed by atoms with Crippen molar-refractivity contribution in [1.29, 1.82) is 0 Å². The summed E-state index contributed by atoms with van der Waals surface area (Å²) in [5.41, 5.74) is 3.91. The molecule has 2 aromatic rings. The van der Waals surface area contributed by atoms with Crippen LogP contribution in [0.1, 0.15) is 46.5 Å². The van der Waals surface area contributed by atoms with Crippen molar-refractivity contribution in [3.8, 4) is 0 Å². The lowest BCUT2D eigenvalue weighted by atomic mass is 9.77. The van der Waals surface area contributed by atoms with E-state index < -0.39 is 0 Å². The Labute approximate surface area is 152 Å². The number of hydrogen-bond donors (Lipinski definition) is 1. The van der Waals surface area contributed by atoms with E-state index in [1.165, 1.54) is 7.11 Å². The second-order valence-corrected chi connectivity index (χ2v) is 7.00. The van der Waals surface area contributed by atoms with Crippen molar-refractivity contribution in [2.45, 2.75) is 25.0 Å². The fourth-order valence-electron chi connectivity index (χ4n) is 3.92. The number of fused-ring (bicyclic) bond motifs is 3. The van der Waals surface area contributed by atoms with E-state index in [1.807, 2.05) is 42.5 Å². The van der Waals surface area contributed by atoms with Crippen LogP contribution in [0.5, 0.6) is 0 Å². The average molecular weight is 358 g/mol. The van der Waals surface area contributed by atoms with Gasteiger partial charge in [0.2, 0.25) is 0 Å². The summed E-state index contributed by atoms with van der Waals surface area (Å²) >= 11 is 6.19. The van der Waals surface area contributed by atoms with E-state index in [9.17, 15) is 4.79 Å². The Morgan fingerprint density at radius 1 is 1.24 bits per heavy atom. The highest BCUT2D eigenvalue weighted by molar-refractivity contribution is 6.30. The zero-order chi connectivity index (χ0) is 17.4. The fraction of sp³-hybridized carbons (Fsp3) is 0.350. The first kappa shape index (κ1) is 16.4. The number of methoxy groups -OCH3 is 1. The standard InChI is InChI=1S/C20H20ClNO3/c1-24-20(23)13-6-4-12(5-7-13)18-15-3-2-10-25-19(15)16-11-14(21)8-9-17(16)22-18/h4-9,11,15,18-19,22H,2-3,10H2,1H3/t15-,18-,19-/m1/s1. The maximum atomic E-state index is 11.7. The van der Waals surface area contributed by atoms with Gasteiger partial charge >= 0.3 is 5.97 Å². The maximum absolute atomic E-state index is 11.7. The van der Waals surface area contributed by atoms with Gasteiger partial charge in [-0.05, 0) is 48.7 Å². The van der Waals surface area contributed by atoms with Gasteiger partial charge in [0, 0.05) is 28.8 Å². The van der Waals surface area contributed by atoms with E-state index in [0.717, 1.165) is 41.3 Å². The second kappa shape index (κ2) is 6.70. The third kappa shape index (κ3) is 3.00. The van der Waals surface area contributed by atoms with Gasteiger partial charge in [-0.2, -0.15) is 0 Å². The summed E-state index contributed by atoms with van der Waals surface area (Å²) in [5, 5.41) is 4.38. The molecular formula is C20H20ClNO3. The second-order valence-electron chi connectivity index (χ2n) is 6.56. The first-order chi connectivity index (χ1) is 12.2. The Kier molecular flexibility index (Phi) is 4.40. The first-order valence-corrected chi connectivity index (χ1v) is 8.91. The summed E-state index contributed by atoms with van der Waals surface area (Å²) in [6, 6.07) is 13.7. The van der Waals surface area contributed by atoms with E-state index in [-0.39, 0.29) is 18.1 Å². The van der Waals surface area contributed by atoms with Crippen molar-refractivity contribution in [3.63, 3.8) is 0 Å². The van der Waals surface area contributed by atoms with Crippen LogP contribution >= 0.6 is 11.6 Å². The molecule has 2 heterocycles. The van der Waals surface area contributed by atoms with Crippen molar-refractivity contribution < 1.29 is 14.3 Å². The van der Waals surface area contributed by atoms with Gasteiger partial charge in [-0.15, -0.1) is 0 Å². The largest absolute Gasteiger partial charge is 0.465 e. The lowest BCUT2D eigenvalue weighted by Gasteiger charge is -2.43. The molecule has 130 valence electrons. The van der Waals surface area contributed by atoms with E-state index in [0.29, 0.717) is 11.5 Å².